The highest BCUT2D eigenvalue weighted by atomic mass is 16.3. The molecule has 1 fully saturated rings. The molecule has 1 saturated carbocycles. The van der Waals surface area contributed by atoms with E-state index in [1.54, 1.807) is 31.2 Å². The summed E-state index contributed by atoms with van der Waals surface area (Å²) in [5.74, 6) is 0.679. The lowest BCUT2D eigenvalue weighted by Crippen LogP contribution is -2.30. The summed E-state index contributed by atoms with van der Waals surface area (Å²) in [7, 11) is 0. The molecule has 1 unspecified atom stereocenters. The Morgan fingerprint density at radius 2 is 2.06 bits per heavy atom. The lowest BCUT2D eigenvalue weighted by molar-refractivity contribution is 0.199. The summed E-state index contributed by atoms with van der Waals surface area (Å²) in [4.78, 5) is 11.5. The fourth-order valence-electron chi connectivity index (χ4n) is 1.58. The average Bonchev–Trinajstić information content (AvgIpc) is 3.11. The first-order valence-electron chi connectivity index (χ1n) is 5.98. The summed E-state index contributed by atoms with van der Waals surface area (Å²) < 4.78 is 0. The monoisotopic (exact) mass is 234 g/mol. The fourth-order valence-corrected chi connectivity index (χ4v) is 1.58. The minimum Gasteiger partial charge on any atom is -0.389 e. The number of rotatable bonds is 4. The van der Waals surface area contributed by atoms with Gasteiger partial charge in [-0.25, -0.2) is 4.79 Å². The Labute approximate surface area is 101 Å². The normalized spacial score (nSPS) is 16.4. The van der Waals surface area contributed by atoms with Gasteiger partial charge in [-0.05, 0) is 43.4 Å². The van der Waals surface area contributed by atoms with Crippen LogP contribution < -0.4 is 10.6 Å². The summed E-state index contributed by atoms with van der Waals surface area (Å²) in [5, 5.41) is 14.9. The Bertz CT molecular complexity index is 383. The van der Waals surface area contributed by atoms with Gasteiger partial charge in [0, 0.05) is 12.2 Å². The molecule has 0 radical (unpaired) electrons. The maximum absolute atomic E-state index is 11.5. The Morgan fingerprint density at radius 1 is 1.41 bits per heavy atom. The first-order chi connectivity index (χ1) is 8.15. The fraction of sp³-hybridized carbons (Fsp3) is 0.462. The molecule has 1 aromatic rings. The zero-order valence-corrected chi connectivity index (χ0v) is 9.94. The van der Waals surface area contributed by atoms with Crippen LogP contribution in [0.3, 0.4) is 0 Å². The standard InChI is InChI=1S/C13H18N2O2/c1-9(16)11-4-6-12(7-5-11)15-13(17)14-8-10-2-3-10/h4-7,9-10,16H,2-3,8H2,1H3,(H2,14,15,17). The maximum Gasteiger partial charge on any atom is 0.319 e. The number of carbonyl (C=O) groups excluding carboxylic acids is 1. The van der Waals surface area contributed by atoms with Crippen molar-refractivity contribution in [2.24, 2.45) is 5.92 Å². The third-order valence-electron chi connectivity index (χ3n) is 2.90. The second kappa shape index (κ2) is 5.19. The summed E-state index contributed by atoms with van der Waals surface area (Å²) in [6.07, 6.45) is 1.97. The number of anilines is 1. The minimum absolute atomic E-state index is 0.165. The molecule has 17 heavy (non-hydrogen) atoms. The van der Waals surface area contributed by atoms with Gasteiger partial charge in [-0.3, -0.25) is 0 Å². The Kier molecular flexibility index (Phi) is 3.64. The zero-order valence-electron chi connectivity index (χ0n) is 9.94. The number of nitrogens with one attached hydrogen (secondary N) is 2. The molecule has 92 valence electrons. The van der Waals surface area contributed by atoms with Crippen molar-refractivity contribution in [3.05, 3.63) is 29.8 Å². The van der Waals surface area contributed by atoms with Crippen LogP contribution in [0.5, 0.6) is 0 Å². The van der Waals surface area contributed by atoms with Crippen LogP contribution in [0.1, 0.15) is 31.4 Å². The van der Waals surface area contributed by atoms with Crippen molar-refractivity contribution in [2.45, 2.75) is 25.9 Å². The van der Waals surface area contributed by atoms with E-state index in [-0.39, 0.29) is 6.03 Å². The number of urea groups is 1. The molecular formula is C13H18N2O2. The number of benzene rings is 1. The molecule has 2 amide bonds. The van der Waals surface area contributed by atoms with Gasteiger partial charge in [-0.2, -0.15) is 0 Å². The van der Waals surface area contributed by atoms with Crippen molar-refractivity contribution in [3.8, 4) is 0 Å². The quantitative estimate of drug-likeness (QED) is 0.748. The highest BCUT2D eigenvalue weighted by Gasteiger charge is 2.21. The van der Waals surface area contributed by atoms with Crippen LogP contribution >= 0.6 is 0 Å². The molecule has 1 aliphatic rings. The van der Waals surface area contributed by atoms with Gasteiger partial charge in [0.25, 0.3) is 0 Å². The van der Waals surface area contributed by atoms with Crippen LogP contribution in [0.4, 0.5) is 10.5 Å². The van der Waals surface area contributed by atoms with Gasteiger partial charge in [-0.15, -0.1) is 0 Å². The van der Waals surface area contributed by atoms with E-state index in [1.165, 1.54) is 12.8 Å². The van der Waals surface area contributed by atoms with Gasteiger partial charge >= 0.3 is 6.03 Å². The summed E-state index contributed by atoms with van der Waals surface area (Å²) in [5.41, 5.74) is 1.58. The molecule has 0 bridgehead atoms. The lowest BCUT2D eigenvalue weighted by Gasteiger charge is -2.09. The van der Waals surface area contributed by atoms with Crippen LogP contribution in [0, 0.1) is 5.92 Å². The van der Waals surface area contributed by atoms with E-state index in [0.29, 0.717) is 5.92 Å². The molecule has 0 spiro atoms. The van der Waals surface area contributed by atoms with E-state index in [9.17, 15) is 9.90 Å². The van der Waals surface area contributed by atoms with Crippen LogP contribution in [-0.2, 0) is 0 Å². The molecule has 0 saturated heterocycles. The highest BCUT2D eigenvalue weighted by molar-refractivity contribution is 5.89. The molecule has 3 N–H and O–H groups in total. The molecule has 1 atom stereocenters. The predicted molar refractivity (Wildman–Crippen MR) is 66.8 cm³/mol. The first-order valence-corrected chi connectivity index (χ1v) is 5.98. The summed E-state index contributed by atoms with van der Waals surface area (Å²) in [6.45, 7) is 2.47. The van der Waals surface area contributed by atoms with Crippen LogP contribution in [0.2, 0.25) is 0 Å². The number of carbonyl (C=O) groups is 1. The van der Waals surface area contributed by atoms with Crippen LogP contribution in [0.15, 0.2) is 24.3 Å². The van der Waals surface area contributed by atoms with Crippen molar-refractivity contribution in [2.75, 3.05) is 11.9 Å². The predicted octanol–water partition coefficient (Wildman–Crippen LogP) is 2.27. The molecule has 0 heterocycles. The average molecular weight is 234 g/mol. The smallest absolute Gasteiger partial charge is 0.319 e. The third kappa shape index (κ3) is 3.75. The molecule has 0 aromatic heterocycles. The van der Waals surface area contributed by atoms with E-state index in [1.807, 2.05) is 0 Å². The van der Waals surface area contributed by atoms with Gasteiger partial charge in [0.15, 0.2) is 0 Å². The van der Waals surface area contributed by atoms with Crippen LogP contribution in [-0.4, -0.2) is 17.7 Å². The molecule has 2 rings (SSSR count). The second-order valence-electron chi connectivity index (χ2n) is 4.58. The van der Waals surface area contributed by atoms with Crippen molar-refractivity contribution in [3.63, 3.8) is 0 Å². The van der Waals surface area contributed by atoms with Crippen molar-refractivity contribution in [1.82, 2.24) is 5.32 Å². The van der Waals surface area contributed by atoms with E-state index < -0.39 is 6.10 Å². The first kappa shape index (κ1) is 11.9. The number of hydrogen-bond acceptors (Lipinski definition) is 2. The molecular weight excluding hydrogens is 216 g/mol. The van der Waals surface area contributed by atoms with E-state index >= 15 is 0 Å². The van der Waals surface area contributed by atoms with Gasteiger partial charge in [0.2, 0.25) is 0 Å². The van der Waals surface area contributed by atoms with Gasteiger partial charge in [0.05, 0.1) is 6.10 Å². The van der Waals surface area contributed by atoms with E-state index in [2.05, 4.69) is 10.6 Å². The number of aliphatic hydroxyl groups is 1. The van der Waals surface area contributed by atoms with Crippen LogP contribution in [0.25, 0.3) is 0 Å². The van der Waals surface area contributed by atoms with Crippen molar-refractivity contribution >= 4 is 11.7 Å². The lowest BCUT2D eigenvalue weighted by atomic mass is 10.1. The van der Waals surface area contributed by atoms with Gasteiger partial charge in [-0.1, -0.05) is 12.1 Å². The van der Waals surface area contributed by atoms with Gasteiger partial charge in [0.1, 0.15) is 0 Å². The van der Waals surface area contributed by atoms with E-state index in [0.717, 1.165) is 17.8 Å². The summed E-state index contributed by atoms with van der Waals surface area (Å²) >= 11 is 0. The van der Waals surface area contributed by atoms with Gasteiger partial charge < -0.3 is 15.7 Å². The van der Waals surface area contributed by atoms with Crippen molar-refractivity contribution in [1.29, 1.82) is 0 Å². The molecule has 1 aliphatic carbocycles. The summed E-state index contributed by atoms with van der Waals surface area (Å²) in [6, 6.07) is 7.03. The zero-order chi connectivity index (χ0) is 12.3. The number of amides is 2. The SMILES string of the molecule is CC(O)c1ccc(NC(=O)NCC2CC2)cc1. The molecule has 1 aromatic carbocycles. The minimum atomic E-state index is -0.479. The largest absolute Gasteiger partial charge is 0.389 e. The highest BCUT2D eigenvalue weighted by Crippen LogP contribution is 2.27. The Hall–Kier alpha value is -1.55. The Balaban J connectivity index is 1.82. The topological polar surface area (TPSA) is 61.4 Å². The van der Waals surface area contributed by atoms with Crippen molar-refractivity contribution < 1.29 is 9.90 Å². The molecule has 4 nitrogen and oxygen atoms in total. The Morgan fingerprint density at radius 3 is 2.59 bits per heavy atom. The molecule has 4 heteroatoms. The second-order valence-corrected chi connectivity index (χ2v) is 4.58. The third-order valence-corrected chi connectivity index (χ3v) is 2.90. The number of hydrogen-bond donors (Lipinski definition) is 3. The number of aliphatic hydroxyl groups excluding tert-OH is 1. The van der Waals surface area contributed by atoms with E-state index in [4.69, 9.17) is 0 Å². The molecule has 0 aliphatic heterocycles. The maximum atomic E-state index is 11.5.